The van der Waals surface area contributed by atoms with E-state index < -0.39 is 30.2 Å². The second kappa shape index (κ2) is 9.05. The number of benzene rings is 2. The quantitative estimate of drug-likeness (QED) is 0.727. The van der Waals surface area contributed by atoms with Crippen LogP contribution >= 0.6 is 11.6 Å². The van der Waals surface area contributed by atoms with Gasteiger partial charge >= 0.3 is 5.97 Å². The minimum Gasteiger partial charge on any atom is -0.455 e. The highest BCUT2D eigenvalue weighted by atomic mass is 35.5. The number of hydrogen-bond acceptors (Lipinski definition) is 4. The van der Waals surface area contributed by atoms with Gasteiger partial charge in [-0.25, -0.2) is 4.39 Å². The van der Waals surface area contributed by atoms with Crippen LogP contribution in [0.4, 0.5) is 15.8 Å². The molecule has 0 saturated carbocycles. The third-order valence-electron chi connectivity index (χ3n) is 4.66. The maximum Gasteiger partial charge on any atom is 0.311 e. The molecule has 1 heterocycles. The highest BCUT2D eigenvalue weighted by molar-refractivity contribution is 6.30. The first kappa shape index (κ1) is 20.8. The zero-order chi connectivity index (χ0) is 21.0. The van der Waals surface area contributed by atoms with E-state index in [2.05, 4.69) is 5.32 Å². The van der Waals surface area contributed by atoms with Crippen LogP contribution in [0.3, 0.4) is 0 Å². The summed E-state index contributed by atoms with van der Waals surface area (Å²) in [6.07, 6.45) is 0.906. The average Bonchev–Trinajstić information content (AvgIpc) is 3.10. The Morgan fingerprint density at radius 1 is 1.24 bits per heavy atom. The fourth-order valence-corrected chi connectivity index (χ4v) is 3.23. The molecule has 1 atom stereocenters. The van der Waals surface area contributed by atoms with Gasteiger partial charge in [0.25, 0.3) is 5.91 Å². The zero-order valence-electron chi connectivity index (χ0n) is 15.8. The van der Waals surface area contributed by atoms with Gasteiger partial charge in [-0.1, -0.05) is 30.7 Å². The van der Waals surface area contributed by atoms with Crippen LogP contribution in [0.15, 0.2) is 42.5 Å². The van der Waals surface area contributed by atoms with E-state index in [0.29, 0.717) is 0 Å². The largest absolute Gasteiger partial charge is 0.455 e. The summed E-state index contributed by atoms with van der Waals surface area (Å²) < 4.78 is 18.7. The second-order valence-corrected chi connectivity index (χ2v) is 7.14. The SMILES string of the molecule is CCc1ccc(N2C[C@@H](C(=O)OCC(=O)Nc3cc(Cl)ccc3F)CC2=O)cc1. The molecule has 1 aliphatic heterocycles. The van der Waals surface area contributed by atoms with E-state index in [9.17, 15) is 18.8 Å². The number of anilines is 2. The lowest BCUT2D eigenvalue weighted by Crippen LogP contribution is -2.28. The van der Waals surface area contributed by atoms with E-state index in [1.807, 2.05) is 31.2 Å². The normalized spacial score (nSPS) is 16.0. The van der Waals surface area contributed by atoms with Crippen LogP contribution < -0.4 is 10.2 Å². The van der Waals surface area contributed by atoms with Crippen molar-refractivity contribution in [2.24, 2.45) is 5.92 Å². The van der Waals surface area contributed by atoms with Crippen LogP contribution in [0.2, 0.25) is 5.02 Å². The predicted molar refractivity (Wildman–Crippen MR) is 107 cm³/mol. The molecule has 0 spiro atoms. The predicted octanol–water partition coefficient (Wildman–Crippen LogP) is 3.58. The van der Waals surface area contributed by atoms with Crippen molar-refractivity contribution >= 4 is 40.8 Å². The monoisotopic (exact) mass is 418 g/mol. The Hall–Kier alpha value is -2.93. The summed E-state index contributed by atoms with van der Waals surface area (Å²) in [4.78, 5) is 38.0. The molecule has 0 aliphatic carbocycles. The van der Waals surface area contributed by atoms with Crippen molar-refractivity contribution < 1.29 is 23.5 Å². The Morgan fingerprint density at radius 2 is 1.97 bits per heavy atom. The van der Waals surface area contributed by atoms with Gasteiger partial charge in [0.05, 0.1) is 11.6 Å². The molecule has 2 aromatic rings. The second-order valence-electron chi connectivity index (χ2n) is 6.71. The minimum absolute atomic E-state index is 0.0128. The number of nitrogens with zero attached hydrogens (tertiary/aromatic N) is 1. The smallest absolute Gasteiger partial charge is 0.311 e. The molecular formula is C21H20ClFN2O4. The van der Waals surface area contributed by atoms with Gasteiger partial charge in [0.1, 0.15) is 5.82 Å². The Balaban J connectivity index is 1.53. The third kappa shape index (κ3) is 5.12. The summed E-state index contributed by atoms with van der Waals surface area (Å²) in [6.45, 7) is 1.65. The van der Waals surface area contributed by atoms with E-state index in [-0.39, 0.29) is 29.6 Å². The van der Waals surface area contributed by atoms with Crippen molar-refractivity contribution in [3.63, 3.8) is 0 Å². The van der Waals surface area contributed by atoms with Gasteiger partial charge in [0.2, 0.25) is 5.91 Å². The topological polar surface area (TPSA) is 75.7 Å². The molecule has 2 amide bonds. The molecule has 1 fully saturated rings. The minimum atomic E-state index is -0.698. The molecule has 2 aromatic carbocycles. The first-order valence-electron chi connectivity index (χ1n) is 9.18. The molecule has 6 nitrogen and oxygen atoms in total. The van der Waals surface area contributed by atoms with Gasteiger partial charge < -0.3 is 15.0 Å². The number of carbonyl (C=O) groups is 3. The first-order valence-corrected chi connectivity index (χ1v) is 9.56. The molecular weight excluding hydrogens is 399 g/mol. The lowest BCUT2D eigenvalue weighted by Gasteiger charge is -2.17. The Kier molecular flexibility index (Phi) is 6.49. The molecule has 0 aromatic heterocycles. The van der Waals surface area contributed by atoms with Crippen LogP contribution in [0.25, 0.3) is 0 Å². The van der Waals surface area contributed by atoms with Crippen molar-refractivity contribution in [1.29, 1.82) is 0 Å². The summed E-state index contributed by atoms with van der Waals surface area (Å²) in [5.41, 5.74) is 1.77. The number of esters is 1. The highest BCUT2D eigenvalue weighted by Crippen LogP contribution is 2.26. The van der Waals surface area contributed by atoms with E-state index >= 15 is 0 Å². The van der Waals surface area contributed by atoms with Gasteiger partial charge in [0.15, 0.2) is 6.61 Å². The maximum absolute atomic E-state index is 13.6. The molecule has 3 rings (SSSR count). The van der Waals surface area contributed by atoms with Crippen molar-refractivity contribution in [3.8, 4) is 0 Å². The Morgan fingerprint density at radius 3 is 2.66 bits per heavy atom. The molecule has 8 heteroatoms. The fourth-order valence-electron chi connectivity index (χ4n) is 3.06. The fraction of sp³-hybridized carbons (Fsp3) is 0.286. The molecule has 1 aliphatic rings. The summed E-state index contributed by atoms with van der Waals surface area (Å²) in [6, 6.07) is 11.3. The Labute approximate surface area is 172 Å². The standard InChI is InChI=1S/C21H20ClFN2O4/c1-2-13-3-6-16(7-4-13)25-11-14(9-20(25)27)21(28)29-12-19(26)24-18-10-15(22)5-8-17(18)23/h3-8,10,14H,2,9,11-12H2,1H3,(H,24,26)/t14-/m0/s1. The summed E-state index contributed by atoms with van der Waals surface area (Å²) >= 11 is 5.77. The molecule has 1 saturated heterocycles. The molecule has 0 unspecified atom stereocenters. The number of carbonyl (C=O) groups excluding carboxylic acids is 3. The van der Waals surface area contributed by atoms with E-state index in [1.54, 1.807) is 0 Å². The summed E-state index contributed by atoms with van der Waals surface area (Å²) in [7, 11) is 0. The number of halogens is 2. The van der Waals surface area contributed by atoms with Crippen LogP contribution in [0.1, 0.15) is 18.9 Å². The first-order chi connectivity index (χ1) is 13.9. The summed E-state index contributed by atoms with van der Waals surface area (Å²) in [5.74, 6) is -2.84. The molecule has 152 valence electrons. The number of hydrogen-bond donors (Lipinski definition) is 1. The van der Waals surface area contributed by atoms with Gasteiger partial charge in [0, 0.05) is 23.7 Å². The van der Waals surface area contributed by atoms with Gasteiger partial charge in [-0.05, 0) is 42.3 Å². The van der Waals surface area contributed by atoms with Gasteiger partial charge in [-0.15, -0.1) is 0 Å². The van der Waals surface area contributed by atoms with Gasteiger partial charge in [-0.2, -0.15) is 0 Å². The lowest BCUT2D eigenvalue weighted by molar-refractivity contribution is -0.151. The number of nitrogens with one attached hydrogen (secondary N) is 1. The molecule has 1 N–H and O–H groups in total. The van der Waals surface area contributed by atoms with Gasteiger partial charge in [-0.3, -0.25) is 14.4 Å². The molecule has 0 radical (unpaired) electrons. The van der Waals surface area contributed by atoms with Crippen LogP contribution in [0, 0.1) is 11.7 Å². The number of amides is 2. The van der Waals surface area contributed by atoms with Crippen molar-refractivity contribution in [2.75, 3.05) is 23.4 Å². The van der Waals surface area contributed by atoms with Crippen LogP contribution in [0.5, 0.6) is 0 Å². The number of rotatable bonds is 6. The molecule has 29 heavy (non-hydrogen) atoms. The number of aryl methyl sites for hydroxylation is 1. The summed E-state index contributed by atoms with van der Waals surface area (Å²) in [5, 5.41) is 2.56. The molecule has 0 bridgehead atoms. The van der Waals surface area contributed by atoms with Crippen molar-refractivity contribution in [2.45, 2.75) is 19.8 Å². The average molecular weight is 419 g/mol. The van der Waals surface area contributed by atoms with Crippen LogP contribution in [-0.4, -0.2) is 30.9 Å². The zero-order valence-corrected chi connectivity index (χ0v) is 16.5. The van der Waals surface area contributed by atoms with Crippen molar-refractivity contribution in [1.82, 2.24) is 0 Å². The Bertz CT molecular complexity index is 933. The van der Waals surface area contributed by atoms with E-state index in [1.165, 1.54) is 17.0 Å². The van der Waals surface area contributed by atoms with Crippen molar-refractivity contribution in [3.05, 3.63) is 58.9 Å². The van der Waals surface area contributed by atoms with E-state index in [4.69, 9.17) is 16.3 Å². The van der Waals surface area contributed by atoms with E-state index in [0.717, 1.165) is 23.7 Å². The third-order valence-corrected chi connectivity index (χ3v) is 4.90. The maximum atomic E-state index is 13.6. The van der Waals surface area contributed by atoms with Crippen LogP contribution in [-0.2, 0) is 25.5 Å². The lowest BCUT2D eigenvalue weighted by atomic mass is 10.1. The highest BCUT2D eigenvalue weighted by Gasteiger charge is 2.36. The number of ether oxygens (including phenoxy) is 1.